The molecule has 1 saturated carbocycles. The molecule has 2 N–H and O–H groups in total. The van der Waals surface area contributed by atoms with Crippen molar-refractivity contribution < 1.29 is 9.47 Å². The molecule has 3 fully saturated rings. The minimum atomic E-state index is 0. The van der Waals surface area contributed by atoms with E-state index in [1.165, 1.54) is 12.8 Å². The van der Waals surface area contributed by atoms with Gasteiger partial charge < -0.3 is 20.1 Å². The summed E-state index contributed by atoms with van der Waals surface area (Å²) in [5.74, 6) is 2.26. The number of nitrogens with zero attached hydrogens (tertiary/aromatic N) is 2. The van der Waals surface area contributed by atoms with E-state index in [2.05, 4.69) is 50.2 Å². The molecule has 3 aliphatic rings. The van der Waals surface area contributed by atoms with E-state index in [4.69, 9.17) is 14.5 Å². The van der Waals surface area contributed by atoms with Crippen molar-refractivity contribution in [2.24, 2.45) is 22.2 Å². The van der Waals surface area contributed by atoms with Crippen molar-refractivity contribution in [2.75, 3.05) is 46.0 Å². The third-order valence-electron chi connectivity index (χ3n) is 7.28. The van der Waals surface area contributed by atoms with E-state index < -0.39 is 0 Å². The van der Waals surface area contributed by atoms with Crippen LogP contribution in [0.15, 0.2) is 4.99 Å². The highest BCUT2D eigenvalue weighted by Gasteiger charge is 2.59. The maximum atomic E-state index is 5.96. The standard InChI is InChI=1S/C22H42N4O2.HI/c1-6-16(7-2)18(26-10-13-27-14-11-26)15-24-21(23-8-3)25-19-17-9-12-28-20(17)22(19,4)5;/h16-20H,6-15H2,1-5H3,(H2,23,24,25);1H. The lowest BCUT2D eigenvalue weighted by molar-refractivity contribution is -0.106. The number of ether oxygens (including phenoxy) is 2. The number of fused-ring (bicyclic) bond motifs is 1. The second kappa shape index (κ2) is 11.5. The van der Waals surface area contributed by atoms with Gasteiger partial charge in [-0.15, -0.1) is 24.0 Å². The SMILES string of the molecule is CCNC(=NCC(C(CC)CC)N1CCOCC1)NC1C2CCOC2C1(C)C.I. The molecule has 0 spiro atoms. The van der Waals surface area contributed by atoms with Crippen LogP contribution in [-0.4, -0.2) is 75.0 Å². The number of halogens is 1. The van der Waals surface area contributed by atoms with Crippen LogP contribution in [0.5, 0.6) is 0 Å². The summed E-state index contributed by atoms with van der Waals surface area (Å²) in [4.78, 5) is 7.68. The quantitative estimate of drug-likeness (QED) is 0.292. The number of morpholine rings is 1. The van der Waals surface area contributed by atoms with Crippen LogP contribution in [0.1, 0.15) is 53.9 Å². The average molecular weight is 523 g/mol. The predicted molar refractivity (Wildman–Crippen MR) is 130 cm³/mol. The van der Waals surface area contributed by atoms with E-state index in [-0.39, 0.29) is 29.4 Å². The van der Waals surface area contributed by atoms with Crippen molar-refractivity contribution in [1.29, 1.82) is 0 Å². The lowest BCUT2D eigenvalue weighted by atomic mass is 9.57. The van der Waals surface area contributed by atoms with Crippen LogP contribution in [0.4, 0.5) is 0 Å². The first-order valence-corrected chi connectivity index (χ1v) is 11.5. The molecule has 29 heavy (non-hydrogen) atoms. The van der Waals surface area contributed by atoms with Crippen molar-refractivity contribution in [2.45, 2.75) is 72.1 Å². The number of nitrogens with one attached hydrogen (secondary N) is 2. The van der Waals surface area contributed by atoms with Gasteiger partial charge in [0.25, 0.3) is 0 Å². The molecule has 4 atom stereocenters. The van der Waals surface area contributed by atoms with Gasteiger partial charge in [0.05, 0.1) is 25.9 Å². The highest BCUT2D eigenvalue weighted by Crippen LogP contribution is 2.52. The minimum Gasteiger partial charge on any atom is -0.379 e. The van der Waals surface area contributed by atoms with Crippen LogP contribution in [0.3, 0.4) is 0 Å². The van der Waals surface area contributed by atoms with Crippen LogP contribution in [0.2, 0.25) is 0 Å². The Kier molecular flexibility index (Phi) is 9.96. The topological polar surface area (TPSA) is 58.1 Å². The van der Waals surface area contributed by atoms with Crippen LogP contribution in [-0.2, 0) is 9.47 Å². The van der Waals surface area contributed by atoms with Crippen LogP contribution in [0.25, 0.3) is 0 Å². The fourth-order valence-electron chi connectivity index (χ4n) is 5.57. The number of hydrogen-bond acceptors (Lipinski definition) is 4. The normalized spacial score (nSPS) is 30.3. The molecule has 0 aromatic carbocycles. The van der Waals surface area contributed by atoms with Crippen molar-refractivity contribution >= 4 is 29.9 Å². The smallest absolute Gasteiger partial charge is 0.191 e. The zero-order valence-electron chi connectivity index (χ0n) is 19.1. The zero-order chi connectivity index (χ0) is 20.1. The first-order chi connectivity index (χ1) is 13.5. The van der Waals surface area contributed by atoms with Crippen LogP contribution in [0, 0.1) is 17.3 Å². The minimum absolute atomic E-state index is 0. The summed E-state index contributed by atoms with van der Waals surface area (Å²) in [5.41, 5.74) is 0.163. The Labute approximate surface area is 195 Å². The lowest BCUT2D eigenvalue weighted by Gasteiger charge is -2.55. The summed E-state index contributed by atoms with van der Waals surface area (Å²) in [6.07, 6.45) is 3.97. The molecule has 2 saturated heterocycles. The van der Waals surface area contributed by atoms with Crippen molar-refractivity contribution in [1.82, 2.24) is 15.5 Å². The largest absolute Gasteiger partial charge is 0.379 e. The van der Waals surface area contributed by atoms with E-state index in [0.29, 0.717) is 30.0 Å². The molecular formula is C22H43IN4O2. The summed E-state index contributed by atoms with van der Waals surface area (Å²) >= 11 is 0. The van der Waals surface area contributed by atoms with Gasteiger partial charge in [-0.3, -0.25) is 9.89 Å². The summed E-state index contributed by atoms with van der Waals surface area (Å²) in [6.45, 7) is 17.8. The van der Waals surface area contributed by atoms with Crippen molar-refractivity contribution in [3.05, 3.63) is 0 Å². The lowest BCUT2D eigenvalue weighted by Crippen LogP contribution is -2.68. The Hall–Kier alpha value is -0.120. The molecule has 0 aromatic rings. The highest BCUT2D eigenvalue weighted by atomic mass is 127. The third-order valence-corrected chi connectivity index (χ3v) is 7.28. The van der Waals surface area contributed by atoms with Gasteiger partial charge in [0.15, 0.2) is 5.96 Å². The average Bonchev–Trinajstić information content (AvgIpc) is 3.17. The Morgan fingerprint density at radius 2 is 1.83 bits per heavy atom. The molecule has 170 valence electrons. The van der Waals surface area contributed by atoms with E-state index in [1.807, 2.05) is 0 Å². The molecule has 0 bridgehead atoms. The molecular weight excluding hydrogens is 479 g/mol. The predicted octanol–water partition coefficient (Wildman–Crippen LogP) is 3.11. The Balaban J connectivity index is 0.00000300. The maximum absolute atomic E-state index is 5.96. The molecule has 6 nitrogen and oxygen atoms in total. The van der Waals surface area contributed by atoms with Gasteiger partial charge in [0.1, 0.15) is 0 Å². The molecule has 0 radical (unpaired) electrons. The molecule has 1 aliphatic carbocycles. The third kappa shape index (κ3) is 5.57. The van der Waals surface area contributed by atoms with E-state index in [0.717, 1.165) is 58.4 Å². The van der Waals surface area contributed by atoms with Crippen molar-refractivity contribution in [3.63, 3.8) is 0 Å². The fraction of sp³-hybridized carbons (Fsp3) is 0.955. The molecule has 2 heterocycles. The first-order valence-electron chi connectivity index (χ1n) is 11.5. The summed E-state index contributed by atoms with van der Waals surface area (Å²) in [5, 5.41) is 7.25. The molecule has 0 aromatic heterocycles. The number of hydrogen-bond donors (Lipinski definition) is 2. The van der Waals surface area contributed by atoms with Crippen LogP contribution < -0.4 is 10.6 Å². The first kappa shape index (κ1) is 25.1. The van der Waals surface area contributed by atoms with Gasteiger partial charge >= 0.3 is 0 Å². The molecule has 2 aliphatic heterocycles. The molecule has 0 amide bonds. The molecule has 7 heteroatoms. The number of rotatable bonds is 8. The van der Waals surface area contributed by atoms with Crippen LogP contribution >= 0.6 is 24.0 Å². The molecule has 3 rings (SSSR count). The zero-order valence-corrected chi connectivity index (χ0v) is 21.4. The molecule has 4 unspecified atom stereocenters. The highest BCUT2D eigenvalue weighted by molar-refractivity contribution is 14.0. The Bertz CT molecular complexity index is 521. The second-order valence-electron chi connectivity index (χ2n) is 9.20. The second-order valence-corrected chi connectivity index (χ2v) is 9.20. The fourth-order valence-corrected chi connectivity index (χ4v) is 5.57. The maximum Gasteiger partial charge on any atom is 0.191 e. The van der Waals surface area contributed by atoms with E-state index >= 15 is 0 Å². The Morgan fingerprint density at radius 1 is 1.14 bits per heavy atom. The van der Waals surface area contributed by atoms with Gasteiger partial charge in [0, 0.05) is 49.7 Å². The van der Waals surface area contributed by atoms with Gasteiger partial charge in [-0.05, 0) is 19.3 Å². The van der Waals surface area contributed by atoms with Gasteiger partial charge in [-0.1, -0.05) is 40.5 Å². The van der Waals surface area contributed by atoms with Gasteiger partial charge in [0.2, 0.25) is 0 Å². The summed E-state index contributed by atoms with van der Waals surface area (Å²) in [6, 6.07) is 0.930. The number of guanidine groups is 1. The Morgan fingerprint density at radius 3 is 2.45 bits per heavy atom. The monoisotopic (exact) mass is 522 g/mol. The number of aliphatic imine (C=N–C) groups is 1. The summed E-state index contributed by atoms with van der Waals surface area (Å²) in [7, 11) is 0. The van der Waals surface area contributed by atoms with Gasteiger partial charge in [-0.25, -0.2) is 0 Å². The summed E-state index contributed by atoms with van der Waals surface area (Å²) < 4.78 is 11.5. The van der Waals surface area contributed by atoms with E-state index in [1.54, 1.807) is 0 Å². The van der Waals surface area contributed by atoms with Crippen molar-refractivity contribution in [3.8, 4) is 0 Å². The van der Waals surface area contributed by atoms with Gasteiger partial charge in [-0.2, -0.15) is 0 Å². The van der Waals surface area contributed by atoms with E-state index in [9.17, 15) is 0 Å².